The molecule has 1 aromatic rings. The fraction of sp³-hybridized carbons (Fsp3) is 0.625. The number of rotatable bonds is 11. The average molecular weight is 297 g/mol. The summed E-state index contributed by atoms with van der Waals surface area (Å²) in [4.78, 5) is 0. The zero-order chi connectivity index (χ0) is 14.6. The second-order valence-electron chi connectivity index (χ2n) is 4.44. The fourth-order valence-corrected chi connectivity index (χ4v) is 2.23. The van der Waals surface area contributed by atoms with Crippen LogP contribution in [0.1, 0.15) is 32.8 Å². The maximum Gasteiger partial charge on any atom is 0.127 e. The summed E-state index contributed by atoms with van der Waals surface area (Å²) in [6.07, 6.45) is 1.02. The van der Waals surface area contributed by atoms with Crippen LogP contribution < -0.4 is 14.8 Å². The first-order valence-electron chi connectivity index (χ1n) is 7.48. The summed E-state index contributed by atoms with van der Waals surface area (Å²) in [5, 5.41) is 3.34. The third kappa shape index (κ3) is 6.53. The van der Waals surface area contributed by atoms with Gasteiger partial charge in [-0.3, -0.25) is 0 Å². The standard InChI is InChI=1S/C16H27NO2S/c1-4-9-18-15-8-7-14(13-17-5-2)16(12-15)19-10-11-20-6-3/h7-8,12,17H,4-6,9-11,13H2,1-3H3. The number of benzene rings is 1. The van der Waals surface area contributed by atoms with Gasteiger partial charge in [0, 0.05) is 23.9 Å². The molecular weight excluding hydrogens is 270 g/mol. The summed E-state index contributed by atoms with van der Waals surface area (Å²) in [6, 6.07) is 6.13. The van der Waals surface area contributed by atoms with Crippen LogP contribution in [0.2, 0.25) is 0 Å². The number of thioether (sulfide) groups is 1. The van der Waals surface area contributed by atoms with Crippen molar-refractivity contribution in [2.24, 2.45) is 0 Å². The van der Waals surface area contributed by atoms with Crippen molar-refractivity contribution in [2.45, 2.75) is 33.7 Å². The van der Waals surface area contributed by atoms with Gasteiger partial charge in [0.1, 0.15) is 11.5 Å². The van der Waals surface area contributed by atoms with E-state index in [1.54, 1.807) is 0 Å². The van der Waals surface area contributed by atoms with Gasteiger partial charge in [-0.25, -0.2) is 0 Å². The van der Waals surface area contributed by atoms with Gasteiger partial charge in [0.25, 0.3) is 0 Å². The molecule has 1 N–H and O–H groups in total. The van der Waals surface area contributed by atoms with Crippen LogP contribution in [0, 0.1) is 0 Å². The van der Waals surface area contributed by atoms with Gasteiger partial charge in [0.2, 0.25) is 0 Å². The van der Waals surface area contributed by atoms with Crippen molar-refractivity contribution in [1.29, 1.82) is 0 Å². The minimum Gasteiger partial charge on any atom is -0.493 e. The molecule has 0 atom stereocenters. The minimum absolute atomic E-state index is 0.745. The van der Waals surface area contributed by atoms with Crippen molar-refractivity contribution in [2.75, 3.05) is 31.3 Å². The lowest BCUT2D eigenvalue weighted by Gasteiger charge is -2.14. The Morgan fingerprint density at radius 3 is 2.65 bits per heavy atom. The van der Waals surface area contributed by atoms with E-state index in [0.717, 1.165) is 55.7 Å². The summed E-state index contributed by atoms with van der Waals surface area (Å²) >= 11 is 1.90. The van der Waals surface area contributed by atoms with Gasteiger partial charge < -0.3 is 14.8 Å². The van der Waals surface area contributed by atoms with E-state index in [1.807, 2.05) is 23.9 Å². The highest BCUT2D eigenvalue weighted by molar-refractivity contribution is 7.99. The molecule has 0 aliphatic carbocycles. The highest BCUT2D eigenvalue weighted by Gasteiger charge is 2.06. The second-order valence-corrected chi connectivity index (χ2v) is 5.84. The van der Waals surface area contributed by atoms with Crippen LogP contribution in [-0.4, -0.2) is 31.3 Å². The van der Waals surface area contributed by atoms with E-state index in [-0.39, 0.29) is 0 Å². The normalized spacial score (nSPS) is 10.6. The molecule has 0 amide bonds. The predicted molar refractivity (Wildman–Crippen MR) is 88.1 cm³/mol. The first-order chi connectivity index (χ1) is 9.81. The summed E-state index contributed by atoms with van der Waals surface area (Å²) in [7, 11) is 0. The molecule has 20 heavy (non-hydrogen) atoms. The van der Waals surface area contributed by atoms with Crippen LogP contribution in [0.5, 0.6) is 11.5 Å². The van der Waals surface area contributed by atoms with Gasteiger partial charge in [-0.2, -0.15) is 11.8 Å². The number of nitrogens with one attached hydrogen (secondary N) is 1. The Balaban J connectivity index is 2.66. The molecule has 0 spiro atoms. The molecule has 0 aliphatic heterocycles. The second kappa shape index (κ2) is 10.9. The quantitative estimate of drug-likeness (QED) is 0.631. The smallest absolute Gasteiger partial charge is 0.127 e. The molecule has 1 aromatic carbocycles. The van der Waals surface area contributed by atoms with Gasteiger partial charge in [-0.05, 0) is 24.8 Å². The van der Waals surface area contributed by atoms with Crippen molar-refractivity contribution < 1.29 is 9.47 Å². The topological polar surface area (TPSA) is 30.5 Å². The van der Waals surface area contributed by atoms with Gasteiger partial charge >= 0.3 is 0 Å². The monoisotopic (exact) mass is 297 g/mol. The molecule has 1 rings (SSSR count). The minimum atomic E-state index is 0.745. The van der Waals surface area contributed by atoms with E-state index in [2.05, 4.69) is 32.2 Å². The zero-order valence-electron chi connectivity index (χ0n) is 12.9. The van der Waals surface area contributed by atoms with Crippen LogP contribution in [0.4, 0.5) is 0 Å². The molecule has 4 heteroatoms. The van der Waals surface area contributed by atoms with Crippen LogP contribution in [0.3, 0.4) is 0 Å². The third-order valence-electron chi connectivity index (χ3n) is 2.77. The lowest BCUT2D eigenvalue weighted by molar-refractivity contribution is 0.308. The van der Waals surface area contributed by atoms with Crippen molar-refractivity contribution in [3.05, 3.63) is 23.8 Å². The van der Waals surface area contributed by atoms with Crippen LogP contribution >= 0.6 is 11.8 Å². The lowest BCUT2D eigenvalue weighted by atomic mass is 10.2. The van der Waals surface area contributed by atoms with Crippen molar-refractivity contribution in [3.8, 4) is 11.5 Å². The highest BCUT2D eigenvalue weighted by Crippen LogP contribution is 2.25. The molecule has 0 unspecified atom stereocenters. The van der Waals surface area contributed by atoms with Crippen LogP contribution in [-0.2, 0) is 6.54 Å². The van der Waals surface area contributed by atoms with Crippen molar-refractivity contribution >= 4 is 11.8 Å². The molecule has 0 aromatic heterocycles. The van der Waals surface area contributed by atoms with Gasteiger partial charge in [0.05, 0.1) is 13.2 Å². The van der Waals surface area contributed by atoms with E-state index < -0.39 is 0 Å². The molecule has 0 radical (unpaired) electrons. The molecular formula is C16H27NO2S. The Kier molecular flexibility index (Phi) is 9.33. The molecule has 0 aliphatic rings. The summed E-state index contributed by atoms with van der Waals surface area (Å²) < 4.78 is 11.6. The number of ether oxygens (including phenoxy) is 2. The van der Waals surface area contributed by atoms with Crippen molar-refractivity contribution in [3.63, 3.8) is 0 Å². The summed E-state index contributed by atoms with van der Waals surface area (Å²) in [5.41, 5.74) is 1.19. The zero-order valence-corrected chi connectivity index (χ0v) is 13.7. The molecule has 0 saturated heterocycles. The average Bonchev–Trinajstić information content (AvgIpc) is 2.48. The Hall–Kier alpha value is -0.870. The van der Waals surface area contributed by atoms with Gasteiger partial charge in [0.15, 0.2) is 0 Å². The Bertz CT molecular complexity index is 371. The third-order valence-corrected chi connectivity index (χ3v) is 3.63. The number of hydrogen-bond acceptors (Lipinski definition) is 4. The van der Waals surface area contributed by atoms with Gasteiger partial charge in [-0.15, -0.1) is 0 Å². The first-order valence-corrected chi connectivity index (χ1v) is 8.64. The van der Waals surface area contributed by atoms with E-state index in [4.69, 9.17) is 9.47 Å². The fourth-order valence-electron chi connectivity index (χ4n) is 1.74. The van der Waals surface area contributed by atoms with Crippen LogP contribution in [0.15, 0.2) is 18.2 Å². The maximum absolute atomic E-state index is 5.92. The first kappa shape index (κ1) is 17.2. The summed E-state index contributed by atoms with van der Waals surface area (Å²) in [6.45, 7) is 9.67. The molecule has 0 heterocycles. The summed E-state index contributed by atoms with van der Waals surface area (Å²) in [5.74, 6) is 3.99. The van der Waals surface area contributed by atoms with Crippen molar-refractivity contribution in [1.82, 2.24) is 5.32 Å². The van der Waals surface area contributed by atoms with Crippen LogP contribution in [0.25, 0.3) is 0 Å². The highest BCUT2D eigenvalue weighted by atomic mass is 32.2. The molecule has 0 bridgehead atoms. The SMILES string of the molecule is CCCOc1ccc(CNCC)c(OCCSCC)c1. The van der Waals surface area contributed by atoms with E-state index >= 15 is 0 Å². The Morgan fingerprint density at radius 2 is 1.95 bits per heavy atom. The Labute approximate surface area is 127 Å². The van der Waals surface area contributed by atoms with E-state index in [0.29, 0.717) is 0 Å². The molecule has 0 fully saturated rings. The van der Waals surface area contributed by atoms with Gasteiger partial charge in [-0.1, -0.05) is 26.8 Å². The molecule has 3 nitrogen and oxygen atoms in total. The molecule has 0 saturated carbocycles. The molecule has 114 valence electrons. The van der Waals surface area contributed by atoms with E-state index in [9.17, 15) is 0 Å². The maximum atomic E-state index is 5.92. The Morgan fingerprint density at radius 1 is 1.10 bits per heavy atom. The predicted octanol–water partition coefficient (Wildman–Crippen LogP) is 3.72. The van der Waals surface area contributed by atoms with E-state index in [1.165, 1.54) is 5.56 Å². The number of hydrogen-bond donors (Lipinski definition) is 1. The largest absolute Gasteiger partial charge is 0.493 e. The lowest BCUT2D eigenvalue weighted by Crippen LogP contribution is -2.13.